The van der Waals surface area contributed by atoms with Crippen molar-refractivity contribution in [3.8, 4) is 0 Å². The maximum Gasteiger partial charge on any atom is 2.00 e. The Morgan fingerprint density at radius 3 is 1.00 bits per heavy atom. The predicted octanol–water partition coefficient (Wildman–Crippen LogP) is -2.32. The maximum atomic E-state index is 11.4. The van der Waals surface area contributed by atoms with Crippen LogP contribution in [0.3, 0.4) is 0 Å². The Bertz CT molecular complexity index is 396. The fourth-order valence-electron chi connectivity index (χ4n) is 0.214. The van der Waals surface area contributed by atoms with Crippen molar-refractivity contribution in [2.24, 2.45) is 0 Å². The molecule has 0 N–H and O–H groups in total. The van der Waals surface area contributed by atoms with Crippen LogP contribution in [0.5, 0.6) is 0 Å². The van der Waals surface area contributed by atoms with Crippen LogP contribution in [0.15, 0.2) is 0 Å². The third-order valence-corrected chi connectivity index (χ3v) is 3.52. The molecule has 0 saturated heterocycles. The second-order valence-electron chi connectivity index (χ2n) is 1.92. The third-order valence-electron chi connectivity index (χ3n) is 0.781. The molecule has 0 radical (unpaired) electrons. The molecule has 0 bridgehead atoms. The second kappa shape index (κ2) is 6.09. The van der Waals surface area contributed by atoms with E-state index in [1.165, 1.54) is 0 Å². The monoisotopic (exact) mass is 339 g/mol. The number of hydrogen-bond donors (Lipinski definition) is 0. The molecule has 0 heterocycles. The van der Waals surface area contributed by atoms with E-state index < -0.39 is 31.1 Å². The van der Waals surface area contributed by atoms with Gasteiger partial charge in [0.25, 0.3) is 0 Å². The second-order valence-corrected chi connectivity index (χ2v) is 5.34. The van der Waals surface area contributed by atoms with Gasteiger partial charge in [0.15, 0.2) is 20.0 Å². The zero-order valence-corrected chi connectivity index (χ0v) is 11.1. The van der Waals surface area contributed by atoms with Gasteiger partial charge in [0.2, 0.25) is 0 Å². The molecule has 0 unspecified atom stereocenters. The van der Waals surface area contributed by atoms with Gasteiger partial charge in [-0.05, 0) is 0 Å². The van der Waals surface area contributed by atoms with E-state index in [1.54, 1.807) is 0 Å². The van der Waals surface area contributed by atoms with E-state index in [1.807, 2.05) is 0 Å². The molecule has 0 atom stereocenters. The summed E-state index contributed by atoms with van der Waals surface area (Å²) in [7, 11) is -13.4. The number of hydrogen-bond acceptors (Lipinski definition) is 4. The minimum Gasteiger partial charge on any atom is -1.00 e. The number of rotatable bonds is 2. The average Bonchev–Trinajstić information content (AvgIpc) is 1.77. The molecular formula is C2ClF6MgNO4S2. The molecule has 5 nitrogen and oxygen atoms in total. The zero-order valence-electron chi connectivity index (χ0n) is 7.25. The Labute approximate surface area is 114 Å². The van der Waals surface area contributed by atoms with Crippen molar-refractivity contribution >= 4 is 43.1 Å². The van der Waals surface area contributed by atoms with Gasteiger partial charge < -0.3 is 16.5 Å². The van der Waals surface area contributed by atoms with E-state index in [4.69, 9.17) is 0 Å². The van der Waals surface area contributed by atoms with Crippen LogP contribution in [0, 0.1) is 0 Å². The molecule has 0 spiro atoms. The van der Waals surface area contributed by atoms with E-state index in [0.29, 0.717) is 0 Å². The topological polar surface area (TPSA) is 82.4 Å². The summed E-state index contributed by atoms with van der Waals surface area (Å²) in [6.07, 6.45) is 0. The summed E-state index contributed by atoms with van der Waals surface area (Å²) in [6, 6.07) is 0. The first-order chi connectivity index (χ1) is 6.21. The molecule has 0 aromatic carbocycles. The smallest absolute Gasteiger partial charge is 1.00 e. The van der Waals surface area contributed by atoms with E-state index in [9.17, 15) is 43.2 Å². The number of nitrogens with zero attached hydrogens (tertiary/aromatic N) is 1. The van der Waals surface area contributed by atoms with E-state index >= 15 is 0 Å². The minimum atomic E-state index is -6.72. The van der Waals surface area contributed by atoms with Crippen LogP contribution >= 0.6 is 0 Å². The summed E-state index contributed by atoms with van der Waals surface area (Å²) >= 11 is 0. The first kappa shape index (κ1) is 22.7. The molecule has 0 aliphatic heterocycles. The van der Waals surface area contributed by atoms with Crippen LogP contribution in [-0.4, -0.2) is 50.9 Å². The van der Waals surface area contributed by atoms with Crippen molar-refractivity contribution in [3.05, 3.63) is 4.13 Å². The third kappa shape index (κ3) is 5.78. The van der Waals surface area contributed by atoms with Gasteiger partial charge in [0, 0.05) is 0 Å². The Hall–Kier alpha value is 0.496. The summed E-state index contributed by atoms with van der Waals surface area (Å²) < 4.78 is 109. The first-order valence-corrected chi connectivity index (χ1v) is 5.45. The normalized spacial score (nSPS) is 13.5. The van der Waals surface area contributed by atoms with Crippen LogP contribution in [0.1, 0.15) is 0 Å². The van der Waals surface area contributed by atoms with Crippen LogP contribution in [0.4, 0.5) is 26.3 Å². The summed E-state index contributed by atoms with van der Waals surface area (Å²) in [6.45, 7) is 0. The molecule has 0 saturated carbocycles. The Kier molecular flexibility index (Phi) is 8.12. The molecule has 0 aliphatic rings. The Morgan fingerprint density at radius 2 is 0.882 bits per heavy atom. The van der Waals surface area contributed by atoms with Gasteiger partial charge in [-0.15, -0.1) is 0 Å². The van der Waals surface area contributed by atoms with Crippen molar-refractivity contribution in [2.75, 3.05) is 0 Å². The van der Waals surface area contributed by atoms with E-state index in [-0.39, 0.29) is 35.5 Å². The zero-order chi connectivity index (χ0) is 12.7. The summed E-state index contributed by atoms with van der Waals surface area (Å²) in [5, 5.41) is 0. The first-order valence-electron chi connectivity index (χ1n) is 2.57. The van der Waals surface area contributed by atoms with Crippen molar-refractivity contribution in [2.45, 2.75) is 11.0 Å². The van der Waals surface area contributed by atoms with Crippen LogP contribution in [0.25, 0.3) is 4.13 Å². The van der Waals surface area contributed by atoms with Crippen LogP contribution < -0.4 is 12.4 Å². The van der Waals surface area contributed by atoms with Crippen molar-refractivity contribution in [1.29, 1.82) is 0 Å². The molecule has 0 aromatic heterocycles. The van der Waals surface area contributed by atoms with Crippen molar-refractivity contribution in [3.63, 3.8) is 0 Å². The van der Waals surface area contributed by atoms with Gasteiger partial charge >= 0.3 is 34.1 Å². The fourth-order valence-corrected chi connectivity index (χ4v) is 1.92. The molecule has 0 aliphatic carbocycles. The maximum absolute atomic E-state index is 11.4. The van der Waals surface area contributed by atoms with Gasteiger partial charge in [0.1, 0.15) is 0 Å². The minimum absolute atomic E-state index is 0. The quantitative estimate of drug-likeness (QED) is 0.418. The summed E-state index contributed by atoms with van der Waals surface area (Å²) in [4.78, 5) is 0. The van der Waals surface area contributed by atoms with E-state index in [0.717, 1.165) is 4.13 Å². The number of alkyl halides is 6. The molecule has 17 heavy (non-hydrogen) atoms. The van der Waals surface area contributed by atoms with Gasteiger partial charge in [-0.1, -0.05) is 0 Å². The van der Waals surface area contributed by atoms with Gasteiger partial charge in [-0.3, -0.25) is 0 Å². The average molecular weight is 340 g/mol. The Balaban J connectivity index is -0.000000980. The summed E-state index contributed by atoms with van der Waals surface area (Å²) in [5.41, 5.74) is -12.4. The molecule has 0 fully saturated rings. The molecule has 0 amide bonds. The SMILES string of the molecule is O=S(=O)([N-]S(=O)(=O)C(F)(F)F)C(F)(F)F.[Cl-].[Mg+2]. The predicted molar refractivity (Wildman–Crippen MR) is 39.1 cm³/mol. The molecule has 15 heteroatoms. The molecule has 0 aromatic rings. The molecular weight excluding hydrogens is 340 g/mol. The van der Waals surface area contributed by atoms with Gasteiger partial charge in [-0.2, -0.15) is 26.3 Å². The number of halogens is 7. The molecule has 0 rings (SSSR count). The standard InChI is InChI=1S/C2F6NO4S2.ClH.Mg/c3-1(4,5)14(10,11)9-15(12,13)2(6,7)8;;/h;1H;/q-1;;+2/p-1. The summed E-state index contributed by atoms with van der Waals surface area (Å²) in [5.74, 6) is 0. The largest absolute Gasteiger partial charge is 2.00 e. The van der Waals surface area contributed by atoms with Crippen LogP contribution in [0.2, 0.25) is 0 Å². The Morgan fingerprint density at radius 1 is 0.706 bits per heavy atom. The van der Waals surface area contributed by atoms with Crippen molar-refractivity contribution < 1.29 is 55.6 Å². The van der Waals surface area contributed by atoms with Crippen molar-refractivity contribution in [1.82, 2.24) is 0 Å². The number of sulfonamides is 2. The van der Waals surface area contributed by atoms with Gasteiger partial charge in [-0.25, -0.2) is 16.8 Å². The van der Waals surface area contributed by atoms with Crippen LogP contribution in [-0.2, 0) is 20.0 Å². The fraction of sp³-hybridized carbons (Fsp3) is 1.00. The van der Waals surface area contributed by atoms with E-state index in [2.05, 4.69) is 0 Å². The molecule has 100 valence electrons. The van der Waals surface area contributed by atoms with Gasteiger partial charge in [0.05, 0.1) is 0 Å².